The van der Waals surface area contributed by atoms with Gasteiger partial charge in [0.1, 0.15) is 5.41 Å². The first kappa shape index (κ1) is 9.97. The Morgan fingerprint density at radius 2 is 2.25 bits per heavy atom. The van der Waals surface area contributed by atoms with E-state index in [-0.39, 0.29) is 12.1 Å². The van der Waals surface area contributed by atoms with Gasteiger partial charge in [-0.2, -0.15) is 0 Å². The summed E-state index contributed by atoms with van der Waals surface area (Å²) in [5.41, 5.74) is 2.59. The Bertz CT molecular complexity index is 158. The fourth-order valence-electron chi connectivity index (χ4n) is 1.03. The molecule has 6 heteroatoms. The van der Waals surface area contributed by atoms with Gasteiger partial charge in [0.05, 0.1) is 36.7 Å². The van der Waals surface area contributed by atoms with Crippen LogP contribution in [0.15, 0.2) is 12.0 Å². The van der Waals surface area contributed by atoms with Crippen LogP contribution in [0.2, 0.25) is 0 Å². The molecule has 1 heterocycles. The van der Waals surface area contributed by atoms with Crippen molar-refractivity contribution in [1.82, 2.24) is 10.1 Å². The average molecular weight is 191 g/mol. The van der Waals surface area contributed by atoms with Gasteiger partial charge in [-0.05, 0) is 6.58 Å². The van der Waals surface area contributed by atoms with Gasteiger partial charge >= 0.3 is 0 Å². The van der Waals surface area contributed by atoms with Crippen LogP contribution < -0.4 is 16.0 Å². The van der Waals surface area contributed by atoms with Gasteiger partial charge in [0.25, 0.3) is 0 Å². The third-order valence-electron chi connectivity index (χ3n) is 1.71. The van der Waals surface area contributed by atoms with E-state index in [9.17, 15) is 4.55 Å². The first-order valence-corrected chi connectivity index (χ1v) is 4.82. The molecular weight excluding hydrogens is 178 g/mol. The van der Waals surface area contributed by atoms with Gasteiger partial charge in [-0.3, -0.25) is 11.3 Å². The lowest BCUT2D eigenvalue weighted by molar-refractivity contribution is 0.187. The summed E-state index contributed by atoms with van der Waals surface area (Å²) in [5, 5.41) is 1.34. The van der Waals surface area contributed by atoms with E-state index in [2.05, 4.69) is 16.7 Å². The van der Waals surface area contributed by atoms with Gasteiger partial charge in [0.2, 0.25) is 0 Å². The summed E-state index contributed by atoms with van der Waals surface area (Å²) in [5.74, 6) is 5.25. The van der Waals surface area contributed by atoms with Crippen LogP contribution >= 0.6 is 0 Å². The van der Waals surface area contributed by atoms with Crippen molar-refractivity contribution in [3.63, 3.8) is 0 Å². The first-order chi connectivity index (χ1) is 5.77. The van der Waals surface area contributed by atoms with Gasteiger partial charge in [0.15, 0.2) is 0 Å². The van der Waals surface area contributed by atoms with Crippen molar-refractivity contribution in [2.75, 3.05) is 13.2 Å². The van der Waals surface area contributed by atoms with E-state index < -0.39 is 11.4 Å². The van der Waals surface area contributed by atoms with Crippen LogP contribution in [-0.2, 0) is 16.1 Å². The molecule has 0 bridgehead atoms. The molecule has 0 aromatic heterocycles. The molecule has 1 aliphatic heterocycles. The van der Waals surface area contributed by atoms with Crippen molar-refractivity contribution < 1.29 is 9.29 Å². The summed E-state index contributed by atoms with van der Waals surface area (Å²) < 4.78 is 18.9. The predicted molar refractivity (Wildman–Crippen MR) is 47.2 cm³/mol. The number of rotatable bonds is 4. The van der Waals surface area contributed by atoms with Gasteiger partial charge in [0, 0.05) is 0 Å². The lowest BCUT2D eigenvalue weighted by atomic mass is 10.2. The van der Waals surface area contributed by atoms with Crippen molar-refractivity contribution in [3.05, 3.63) is 12.0 Å². The van der Waals surface area contributed by atoms with E-state index in [0.29, 0.717) is 13.2 Å². The zero-order chi connectivity index (χ0) is 8.97. The van der Waals surface area contributed by atoms with Crippen molar-refractivity contribution in [2.24, 2.45) is 5.84 Å². The van der Waals surface area contributed by atoms with Gasteiger partial charge in [-0.15, -0.1) is 4.72 Å². The van der Waals surface area contributed by atoms with E-state index in [4.69, 9.17) is 10.6 Å². The first-order valence-electron chi connectivity index (χ1n) is 3.61. The van der Waals surface area contributed by atoms with E-state index in [1.165, 1.54) is 5.41 Å². The van der Waals surface area contributed by atoms with Crippen molar-refractivity contribution in [1.29, 1.82) is 0 Å². The number of hydrogen-bond donors (Lipinski definition) is 3. The number of ether oxygens (including phenoxy) is 1. The molecule has 70 valence electrons. The van der Waals surface area contributed by atoms with Crippen LogP contribution in [0.4, 0.5) is 0 Å². The van der Waals surface area contributed by atoms with E-state index >= 15 is 0 Å². The quantitative estimate of drug-likeness (QED) is 0.290. The van der Waals surface area contributed by atoms with Crippen molar-refractivity contribution in [2.45, 2.75) is 12.1 Å². The molecule has 3 atom stereocenters. The lowest BCUT2D eigenvalue weighted by Gasteiger charge is -2.17. The summed E-state index contributed by atoms with van der Waals surface area (Å²) in [6.07, 6.45) is 0. The molecule has 1 fully saturated rings. The minimum atomic E-state index is -1.20. The molecule has 0 aliphatic carbocycles. The molecule has 1 rings (SSSR count). The number of hydrogen-bond acceptors (Lipinski definition) is 5. The molecule has 4 N–H and O–H groups in total. The Kier molecular flexibility index (Phi) is 3.99. The van der Waals surface area contributed by atoms with Crippen LogP contribution in [0, 0.1) is 0 Å². The SMILES string of the molecule is C=C[S+]([O-])N[C@H]1COC[C@H]1NN. The summed E-state index contributed by atoms with van der Waals surface area (Å²) in [6.45, 7) is 4.46. The maximum atomic E-state index is 11.0. The Labute approximate surface area is 74.6 Å². The molecule has 1 aliphatic rings. The molecule has 12 heavy (non-hydrogen) atoms. The Morgan fingerprint density at radius 1 is 1.58 bits per heavy atom. The average Bonchev–Trinajstić information content (AvgIpc) is 2.51. The topological polar surface area (TPSA) is 82.4 Å². The molecule has 0 aromatic carbocycles. The minimum absolute atomic E-state index is 0.00571. The standard InChI is InChI=1S/C6H13N3O2S/c1-2-12(10)9-6-4-11-3-5(6)8-7/h2,5-6,8-9H,1,3-4,7H2/t5-,6+,12?/m1/s1. The van der Waals surface area contributed by atoms with Crippen molar-refractivity contribution >= 4 is 11.4 Å². The molecule has 1 unspecified atom stereocenters. The summed E-state index contributed by atoms with van der Waals surface area (Å²) in [6, 6.07) is 0.0164. The Balaban J connectivity index is 2.34. The molecule has 5 nitrogen and oxygen atoms in total. The van der Waals surface area contributed by atoms with Crippen LogP contribution in [0.25, 0.3) is 0 Å². The smallest absolute Gasteiger partial charge is 0.131 e. The van der Waals surface area contributed by atoms with Gasteiger partial charge in [-0.25, -0.2) is 0 Å². The molecule has 0 saturated carbocycles. The molecule has 0 amide bonds. The molecule has 0 radical (unpaired) electrons. The fourth-order valence-corrected chi connectivity index (χ4v) is 1.66. The van der Waals surface area contributed by atoms with Gasteiger partial charge < -0.3 is 9.29 Å². The largest absolute Gasteiger partial charge is 0.593 e. The van der Waals surface area contributed by atoms with Crippen LogP contribution in [0.3, 0.4) is 0 Å². The molecular formula is C6H13N3O2S. The molecule has 1 saturated heterocycles. The zero-order valence-corrected chi connectivity index (χ0v) is 7.47. The third kappa shape index (κ3) is 2.44. The predicted octanol–water partition coefficient (Wildman–Crippen LogP) is -1.39. The van der Waals surface area contributed by atoms with E-state index in [0.717, 1.165) is 0 Å². The lowest BCUT2D eigenvalue weighted by Crippen LogP contribution is -2.50. The Hall–Kier alpha value is -0.110. The van der Waals surface area contributed by atoms with Crippen molar-refractivity contribution in [3.8, 4) is 0 Å². The maximum Gasteiger partial charge on any atom is 0.131 e. The maximum absolute atomic E-state index is 11.0. The van der Waals surface area contributed by atoms with Gasteiger partial charge in [-0.1, -0.05) is 0 Å². The fraction of sp³-hybridized carbons (Fsp3) is 0.667. The van der Waals surface area contributed by atoms with Crippen LogP contribution in [0.1, 0.15) is 0 Å². The molecule has 0 spiro atoms. The second-order valence-electron chi connectivity index (χ2n) is 2.50. The summed E-state index contributed by atoms with van der Waals surface area (Å²) in [7, 11) is 0. The number of hydrazine groups is 1. The summed E-state index contributed by atoms with van der Waals surface area (Å²) in [4.78, 5) is 0. The van der Waals surface area contributed by atoms with Crippen LogP contribution in [-0.4, -0.2) is 29.9 Å². The highest BCUT2D eigenvalue weighted by Gasteiger charge is 2.30. The highest BCUT2D eigenvalue weighted by Crippen LogP contribution is 2.06. The number of nitrogens with two attached hydrogens (primary N) is 1. The summed E-state index contributed by atoms with van der Waals surface area (Å²) >= 11 is -1.20. The second kappa shape index (κ2) is 4.80. The van der Waals surface area contributed by atoms with E-state index in [1.54, 1.807) is 0 Å². The normalized spacial score (nSPS) is 31.8. The zero-order valence-electron chi connectivity index (χ0n) is 6.66. The minimum Gasteiger partial charge on any atom is -0.593 e. The molecule has 0 aromatic rings. The highest BCUT2D eigenvalue weighted by atomic mass is 32.2. The Morgan fingerprint density at radius 3 is 2.83 bits per heavy atom. The van der Waals surface area contributed by atoms with Crippen LogP contribution in [0.5, 0.6) is 0 Å². The number of nitrogens with one attached hydrogen (secondary N) is 2. The third-order valence-corrected chi connectivity index (χ3v) is 2.55. The highest BCUT2D eigenvalue weighted by molar-refractivity contribution is 7.92. The monoisotopic (exact) mass is 191 g/mol. The second-order valence-corrected chi connectivity index (χ2v) is 3.66. The van der Waals surface area contributed by atoms with E-state index in [1.807, 2.05) is 0 Å².